The van der Waals surface area contributed by atoms with E-state index in [2.05, 4.69) is 71.8 Å². The van der Waals surface area contributed by atoms with Crippen molar-refractivity contribution in [3.63, 3.8) is 0 Å². The van der Waals surface area contributed by atoms with Crippen molar-refractivity contribution < 1.29 is 0 Å². The van der Waals surface area contributed by atoms with Gasteiger partial charge in [-0.1, -0.05) is 32.0 Å². The lowest BCUT2D eigenvalue weighted by atomic mass is 9.88. The molecule has 1 saturated heterocycles. The van der Waals surface area contributed by atoms with Crippen LogP contribution in [0.15, 0.2) is 46.8 Å². The Morgan fingerprint density at radius 3 is 2.85 bits per heavy atom. The van der Waals surface area contributed by atoms with Crippen LogP contribution in [0.25, 0.3) is 0 Å². The van der Waals surface area contributed by atoms with Gasteiger partial charge in [0.25, 0.3) is 0 Å². The van der Waals surface area contributed by atoms with Gasteiger partial charge in [-0.25, -0.2) is 0 Å². The van der Waals surface area contributed by atoms with E-state index in [-0.39, 0.29) is 24.0 Å². The molecule has 4 nitrogen and oxygen atoms in total. The highest BCUT2D eigenvalue weighted by Gasteiger charge is 2.30. The minimum absolute atomic E-state index is 0. The second-order valence-corrected chi connectivity index (χ2v) is 8.45. The van der Waals surface area contributed by atoms with Crippen LogP contribution in [-0.4, -0.2) is 31.0 Å². The number of anilines is 1. The second kappa shape index (κ2) is 10.4. The average molecular weight is 498 g/mol. The number of thiophene rings is 1. The van der Waals surface area contributed by atoms with Gasteiger partial charge >= 0.3 is 0 Å². The first-order valence-corrected chi connectivity index (χ1v) is 10.3. The largest absolute Gasteiger partial charge is 0.370 e. The van der Waals surface area contributed by atoms with Crippen molar-refractivity contribution in [2.75, 3.05) is 25.5 Å². The van der Waals surface area contributed by atoms with Crippen molar-refractivity contribution in [3.05, 3.63) is 52.2 Å². The number of likely N-dealkylation sites (tertiary alicyclic amines) is 1. The van der Waals surface area contributed by atoms with Gasteiger partial charge in [0.05, 0.1) is 0 Å². The fourth-order valence-corrected chi connectivity index (χ4v) is 4.72. The molecule has 2 unspecified atom stereocenters. The van der Waals surface area contributed by atoms with Crippen LogP contribution < -0.4 is 11.1 Å². The molecule has 0 aliphatic carbocycles. The van der Waals surface area contributed by atoms with Crippen LogP contribution in [0.1, 0.15) is 49.1 Å². The standard InChI is InChI=1S/C21H30N4S.HI/c1-15(2)16-7-4-9-18(13-16)24-21(22)23-14-17-8-5-11-25(3)20(17)19-10-6-12-26-19;/h4,6-7,9-10,12-13,15,17,20H,5,8,11,14H2,1-3H3,(H3,22,23,24);1H. The number of halogens is 1. The molecule has 1 aromatic heterocycles. The molecule has 2 atom stereocenters. The molecule has 0 radical (unpaired) electrons. The summed E-state index contributed by atoms with van der Waals surface area (Å²) in [4.78, 5) is 8.57. The van der Waals surface area contributed by atoms with Gasteiger partial charge in [-0.2, -0.15) is 0 Å². The summed E-state index contributed by atoms with van der Waals surface area (Å²) in [5.41, 5.74) is 8.48. The normalized spacial score (nSPS) is 21.1. The molecule has 1 fully saturated rings. The van der Waals surface area contributed by atoms with Crippen LogP contribution in [0.4, 0.5) is 5.69 Å². The molecule has 1 aliphatic rings. The molecule has 0 amide bonds. The number of nitrogens with one attached hydrogen (secondary N) is 1. The lowest BCUT2D eigenvalue weighted by molar-refractivity contribution is 0.128. The SMILES string of the molecule is CC(C)c1cccc(NC(N)=NCC2CCCN(C)C2c2cccs2)c1.I. The number of aliphatic imine (C=N–C) groups is 1. The molecule has 0 bridgehead atoms. The first kappa shape index (κ1) is 22.2. The van der Waals surface area contributed by atoms with E-state index >= 15 is 0 Å². The summed E-state index contributed by atoms with van der Waals surface area (Å²) in [7, 11) is 2.22. The molecule has 0 spiro atoms. The van der Waals surface area contributed by atoms with Gasteiger partial charge < -0.3 is 11.1 Å². The molecular weight excluding hydrogens is 467 g/mol. The monoisotopic (exact) mass is 498 g/mol. The van der Waals surface area contributed by atoms with Gasteiger partial charge in [0.2, 0.25) is 0 Å². The van der Waals surface area contributed by atoms with Crippen molar-refractivity contribution >= 4 is 47.0 Å². The summed E-state index contributed by atoms with van der Waals surface area (Å²) in [6.45, 7) is 6.30. The molecule has 6 heteroatoms. The van der Waals surface area contributed by atoms with E-state index in [1.54, 1.807) is 0 Å². The number of guanidine groups is 1. The van der Waals surface area contributed by atoms with Crippen molar-refractivity contribution in [1.82, 2.24) is 4.90 Å². The second-order valence-electron chi connectivity index (χ2n) is 7.47. The predicted molar refractivity (Wildman–Crippen MR) is 128 cm³/mol. The number of hydrogen-bond donors (Lipinski definition) is 2. The average Bonchev–Trinajstić information content (AvgIpc) is 3.14. The topological polar surface area (TPSA) is 53.6 Å². The van der Waals surface area contributed by atoms with Crippen molar-refractivity contribution in [2.24, 2.45) is 16.6 Å². The fraction of sp³-hybridized carbons (Fsp3) is 0.476. The van der Waals surface area contributed by atoms with E-state index in [0.29, 0.717) is 23.8 Å². The Bertz CT molecular complexity index is 730. The maximum Gasteiger partial charge on any atom is 0.193 e. The number of benzene rings is 1. The Balaban J connectivity index is 0.00000261. The van der Waals surface area contributed by atoms with Crippen LogP contribution in [0.3, 0.4) is 0 Å². The Labute approximate surface area is 184 Å². The molecule has 3 N–H and O–H groups in total. The third kappa shape index (κ3) is 5.93. The van der Waals surface area contributed by atoms with Gasteiger partial charge in [-0.05, 0) is 67.4 Å². The molecular formula is C21H31IN4S. The van der Waals surface area contributed by atoms with Crippen LogP contribution in [-0.2, 0) is 0 Å². The third-order valence-corrected chi connectivity index (χ3v) is 6.11. The Morgan fingerprint density at radius 2 is 2.15 bits per heavy atom. The van der Waals surface area contributed by atoms with E-state index in [0.717, 1.165) is 18.8 Å². The molecule has 1 aliphatic heterocycles. The summed E-state index contributed by atoms with van der Waals surface area (Å²) in [5, 5.41) is 5.42. The van der Waals surface area contributed by atoms with E-state index in [1.165, 1.54) is 23.3 Å². The molecule has 148 valence electrons. The van der Waals surface area contributed by atoms with Crippen LogP contribution in [0, 0.1) is 5.92 Å². The maximum atomic E-state index is 6.18. The number of nitrogens with two attached hydrogens (primary N) is 1. The summed E-state index contributed by atoms with van der Waals surface area (Å²) in [6.07, 6.45) is 2.43. The third-order valence-electron chi connectivity index (χ3n) is 5.16. The Hall–Kier alpha value is -1.12. The highest BCUT2D eigenvalue weighted by Crippen LogP contribution is 2.37. The van der Waals surface area contributed by atoms with Gasteiger partial charge in [0.1, 0.15) is 0 Å². The van der Waals surface area contributed by atoms with E-state index < -0.39 is 0 Å². The van der Waals surface area contributed by atoms with Gasteiger partial charge in [-0.3, -0.25) is 9.89 Å². The van der Waals surface area contributed by atoms with Crippen molar-refractivity contribution in [2.45, 2.75) is 38.6 Å². The van der Waals surface area contributed by atoms with Crippen LogP contribution in [0.5, 0.6) is 0 Å². The quantitative estimate of drug-likeness (QED) is 0.334. The molecule has 1 aromatic carbocycles. The number of rotatable bonds is 5. The first-order chi connectivity index (χ1) is 12.5. The van der Waals surface area contributed by atoms with Crippen molar-refractivity contribution in [3.8, 4) is 0 Å². The maximum absolute atomic E-state index is 6.18. The summed E-state index contributed by atoms with van der Waals surface area (Å²) in [5.74, 6) is 1.51. The zero-order valence-electron chi connectivity index (χ0n) is 16.4. The smallest absolute Gasteiger partial charge is 0.193 e. The summed E-state index contributed by atoms with van der Waals surface area (Å²) < 4.78 is 0. The number of hydrogen-bond acceptors (Lipinski definition) is 3. The Morgan fingerprint density at radius 1 is 1.33 bits per heavy atom. The summed E-state index contributed by atoms with van der Waals surface area (Å²) >= 11 is 1.84. The first-order valence-electron chi connectivity index (χ1n) is 9.45. The van der Waals surface area contributed by atoms with Gasteiger partial charge in [0.15, 0.2) is 5.96 Å². The van der Waals surface area contributed by atoms with Crippen LogP contribution >= 0.6 is 35.3 Å². The molecule has 2 heterocycles. The number of nitrogens with zero attached hydrogens (tertiary/aromatic N) is 2. The van der Waals surface area contributed by atoms with E-state index in [4.69, 9.17) is 5.73 Å². The molecule has 2 aromatic rings. The molecule has 0 saturated carbocycles. The van der Waals surface area contributed by atoms with Crippen LogP contribution in [0.2, 0.25) is 0 Å². The van der Waals surface area contributed by atoms with E-state index in [1.807, 2.05) is 17.4 Å². The molecule has 27 heavy (non-hydrogen) atoms. The van der Waals surface area contributed by atoms with E-state index in [9.17, 15) is 0 Å². The van der Waals surface area contributed by atoms with Gasteiger partial charge in [0, 0.05) is 23.2 Å². The fourth-order valence-electron chi connectivity index (χ4n) is 3.74. The summed E-state index contributed by atoms with van der Waals surface area (Å²) in [6, 6.07) is 13.2. The highest BCUT2D eigenvalue weighted by molar-refractivity contribution is 14.0. The lowest BCUT2D eigenvalue weighted by Crippen LogP contribution is -2.37. The highest BCUT2D eigenvalue weighted by atomic mass is 127. The predicted octanol–water partition coefficient (Wildman–Crippen LogP) is 5.30. The van der Waals surface area contributed by atoms with Gasteiger partial charge in [-0.15, -0.1) is 35.3 Å². The Kier molecular flexibility index (Phi) is 8.57. The zero-order valence-corrected chi connectivity index (χ0v) is 19.5. The van der Waals surface area contributed by atoms with Crippen molar-refractivity contribution in [1.29, 1.82) is 0 Å². The number of piperidine rings is 1. The zero-order chi connectivity index (χ0) is 18.5. The molecule has 3 rings (SSSR count). The minimum Gasteiger partial charge on any atom is -0.370 e. The lowest BCUT2D eigenvalue weighted by Gasteiger charge is -2.38. The minimum atomic E-state index is 0.